The molecule has 3 N–H and O–H groups in total. The molecule has 1 atom stereocenters. The van der Waals surface area contributed by atoms with Crippen LogP contribution >= 0.6 is 15.9 Å². The molecule has 0 saturated carbocycles. The van der Waals surface area contributed by atoms with E-state index in [-0.39, 0.29) is 0 Å². The summed E-state index contributed by atoms with van der Waals surface area (Å²) in [6.45, 7) is 1.77. The van der Waals surface area contributed by atoms with Crippen LogP contribution in [0.25, 0.3) is 0 Å². The fourth-order valence-corrected chi connectivity index (χ4v) is 1.74. The van der Waals surface area contributed by atoms with Gasteiger partial charge < -0.3 is 10.8 Å². The summed E-state index contributed by atoms with van der Waals surface area (Å²) in [4.78, 5) is 14.5. The van der Waals surface area contributed by atoms with Crippen LogP contribution in [0, 0.1) is 6.92 Å². The van der Waals surface area contributed by atoms with Crippen LogP contribution in [-0.4, -0.2) is 16.1 Å². The van der Waals surface area contributed by atoms with E-state index in [1.165, 1.54) is 6.20 Å². The van der Waals surface area contributed by atoms with Gasteiger partial charge in [-0.1, -0.05) is 0 Å². The summed E-state index contributed by atoms with van der Waals surface area (Å²) in [6, 6.07) is -1.00. The van der Waals surface area contributed by atoms with Gasteiger partial charge >= 0.3 is 5.97 Å². The van der Waals surface area contributed by atoms with Crippen LogP contribution in [0.3, 0.4) is 0 Å². The fourth-order valence-electron chi connectivity index (χ4n) is 1.06. The standard InChI is InChI=1S/C8H9BrN2O2/c1-4-2-11-3-5(9)6(4)7(10)8(12)13/h2-3,7H,10H2,1H3,(H,12,13). The lowest BCUT2D eigenvalue weighted by molar-refractivity contribution is -0.138. The van der Waals surface area contributed by atoms with Crippen LogP contribution in [-0.2, 0) is 4.79 Å². The molecule has 0 bridgehead atoms. The molecule has 0 aliphatic heterocycles. The highest BCUT2D eigenvalue weighted by atomic mass is 79.9. The summed E-state index contributed by atoms with van der Waals surface area (Å²) in [5, 5.41) is 8.72. The van der Waals surface area contributed by atoms with Crippen molar-refractivity contribution in [1.82, 2.24) is 4.98 Å². The number of pyridine rings is 1. The van der Waals surface area contributed by atoms with Gasteiger partial charge in [0, 0.05) is 22.4 Å². The lowest BCUT2D eigenvalue weighted by Gasteiger charge is -2.11. The summed E-state index contributed by atoms with van der Waals surface area (Å²) in [6.07, 6.45) is 3.12. The average Bonchev–Trinajstić information content (AvgIpc) is 2.03. The number of carboxylic acid groups (broad SMARTS) is 1. The molecule has 0 spiro atoms. The Balaban J connectivity index is 3.20. The third-order valence-electron chi connectivity index (χ3n) is 1.72. The molecule has 0 radical (unpaired) electrons. The molecule has 1 aromatic rings. The number of carboxylic acids is 1. The van der Waals surface area contributed by atoms with Gasteiger partial charge in [0.15, 0.2) is 0 Å². The Labute approximate surface area is 83.9 Å². The van der Waals surface area contributed by atoms with Gasteiger partial charge in [-0.3, -0.25) is 9.78 Å². The predicted octanol–water partition coefficient (Wildman–Crippen LogP) is 1.24. The normalized spacial score (nSPS) is 12.5. The van der Waals surface area contributed by atoms with Crippen molar-refractivity contribution < 1.29 is 9.90 Å². The summed E-state index contributed by atoms with van der Waals surface area (Å²) in [5.41, 5.74) is 6.82. The van der Waals surface area contributed by atoms with Gasteiger partial charge in [-0.05, 0) is 28.4 Å². The molecule has 70 valence electrons. The van der Waals surface area contributed by atoms with E-state index in [1.807, 2.05) is 0 Å². The van der Waals surface area contributed by atoms with E-state index < -0.39 is 12.0 Å². The highest BCUT2D eigenvalue weighted by Crippen LogP contribution is 2.24. The summed E-state index contributed by atoms with van der Waals surface area (Å²) in [7, 11) is 0. The second-order valence-corrected chi connectivity index (χ2v) is 3.52. The molecular formula is C8H9BrN2O2. The first-order valence-electron chi connectivity index (χ1n) is 3.62. The number of carbonyl (C=O) groups is 1. The van der Waals surface area contributed by atoms with Crippen molar-refractivity contribution in [1.29, 1.82) is 0 Å². The molecule has 1 heterocycles. The maximum atomic E-state index is 10.6. The first-order chi connectivity index (χ1) is 6.04. The maximum Gasteiger partial charge on any atom is 0.325 e. The largest absolute Gasteiger partial charge is 0.480 e. The zero-order valence-corrected chi connectivity index (χ0v) is 8.58. The average molecular weight is 245 g/mol. The van der Waals surface area contributed by atoms with Crippen LogP contribution in [0.2, 0.25) is 0 Å². The Morgan fingerprint density at radius 2 is 2.31 bits per heavy atom. The van der Waals surface area contributed by atoms with E-state index in [2.05, 4.69) is 20.9 Å². The van der Waals surface area contributed by atoms with Gasteiger partial charge in [0.25, 0.3) is 0 Å². The van der Waals surface area contributed by atoms with Gasteiger partial charge in [0.2, 0.25) is 0 Å². The monoisotopic (exact) mass is 244 g/mol. The van der Waals surface area contributed by atoms with Crippen molar-refractivity contribution in [3.05, 3.63) is 28.0 Å². The van der Waals surface area contributed by atoms with E-state index in [0.717, 1.165) is 5.56 Å². The third-order valence-corrected chi connectivity index (χ3v) is 2.35. The molecule has 5 heteroatoms. The summed E-state index contributed by atoms with van der Waals surface area (Å²) in [5.74, 6) is -1.05. The Morgan fingerprint density at radius 1 is 1.69 bits per heavy atom. The van der Waals surface area contributed by atoms with Crippen molar-refractivity contribution in [3.63, 3.8) is 0 Å². The van der Waals surface area contributed by atoms with E-state index in [0.29, 0.717) is 10.0 Å². The number of aromatic nitrogens is 1. The predicted molar refractivity (Wildman–Crippen MR) is 51.2 cm³/mol. The van der Waals surface area contributed by atoms with Crippen LogP contribution in [0.15, 0.2) is 16.9 Å². The fraction of sp³-hybridized carbons (Fsp3) is 0.250. The minimum atomic E-state index is -1.05. The molecule has 13 heavy (non-hydrogen) atoms. The number of aryl methyl sites for hydroxylation is 1. The molecule has 4 nitrogen and oxygen atoms in total. The van der Waals surface area contributed by atoms with E-state index in [1.54, 1.807) is 13.1 Å². The van der Waals surface area contributed by atoms with Crippen molar-refractivity contribution in [2.75, 3.05) is 0 Å². The molecule has 0 saturated heterocycles. The van der Waals surface area contributed by atoms with Crippen molar-refractivity contribution in [2.24, 2.45) is 5.73 Å². The number of nitrogens with two attached hydrogens (primary N) is 1. The van der Waals surface area contributed by atoms with Gasteiger partial charge in [0.1, 0.15) is 6.04 Å². The van der Waals surface area contributed by atoms with Crippen LogP contribution in [0.5, 0.6) is 0 Å². The Hall–Kier alpha value is -0.940. The number of aliphatic carboxylic acids is 1. The topological polar surface area (TPSA) is 76.2 Å². The first kappa shape index (κ1) is 10.1. The van der Waals surface area contributed by atoms with Crippen LogP contribution < -0.4 is 5.73 Å². The van der Waals surface area contributed by atoms with Gasteiger partial charge in [-0.2, -0.15) is 0 Å². The number of halogens is 1. The molecule has 0 amide bonds. The van der Waals surface area contributed by atoms with Crippen molar-refractivity contribution in [2.45, 2.75) is 13.0 Å². The highest BCUT2D eigenvalue weighted by molar-refractivity contribution is 9.10. The van der Waals surface area contributed by atoms with E-state index in [9.17, 15) is 4.79 Å². The van der Waals surface area contributed by atoms with Crippen LogP contribution in [0.1, 0.15) is 17.2 Å². The van der Waals surface area contributed by atoms with Crippen molar-refractivity contribution in [3.8, 4) is 0 Å². The Bertz CT molecular complexity index is 321. The van der Waals surface area contributed by atoms with Gasteiger partial charge in [-0.15, -0.1) is 0 Å². The third kappa shape index (κ3) is 2.05. The smallest absolute Gasteiger partial charge is 0.325 e. The Morgan fingerprint density at radius 3 is 2.77 bits per heavy atom. The molecular weight excluding hydrogens is 236 g/mol. The van der Waals surface area contributed by atoms with Gasteiger partial charge in [-0.25, -0.2) is 0 Å². The van der Waals surface area contributed by atoms with E-state index >= 15 is 0 Å². The molecule has 0 aromatic carbocycles. The summed E-state index contributed by atoms with van der Waals surface area (Å²) >= 11 is 3.21. The molecule has 1 unspecified atom stereocenters. The first-order valence-corrected chi connectivity index (χ1v) is 4.41. The van der Waals surface area contributed by atoms with Gasteiger partial charge in [0.05, 0.1) is 0 Å². The number of hydrogen-bond acceptors (Lipinski definition) is 3. The minimum Gasteiger partial charge on any atom is -0.480 e. The molecule has 0 aliphatic rings. The molecule has 0 aliphatic carbocycles. The zero-order valence-electron chi connectivity index (χ0n) is 6.99. The second kappa shape index (κ2) is 3.85. The number of rotatable bonds is 2. The molecule has 1 rings (SSSR count). The maximum absolute atomic E-state index is 10.6. The Kier molecular flexibility index (Phi) is 3.00. The second-order valence-electron chi connectivity index (χ2n) is 2.67. The molecule has 1 aromatic heterocycles. The molecule has 0 fully saturated rings. The summed E-state index contributed by atoms with van der Waals surface area (Å²) < 4.78 is 0.627. The van der Waals surface area contributed by atoms with Crippen molar-refractivity contribution >= 4 is 21.9 Å². The highest BCUT2D eigenvalue weighted by Gasteiger charge is 2.19. The SMILES string of the molecule is Cc1cncc(Br)c1C(N)C(=O)O. The van der Waals surface area contributed by atoms with E-state index in [4.69, 9.17) is 10.8 Å². The number of hydrogen-bond donors (Lipinski definition) is 2. The lowest BCUT2D eigenvalue weighted by atomic mass is 10.1. The quantitative estimate of drug-likeness (QED) is 0.821. The zero-order chi connectivity index (χ0) is 10.0. The number of nitrogens with zero attached hydrogens (tertiary/aromatic N) is 1. The van der Waals surface area contributed by atoms with Crippen LogP contribution in [0.4, 0.5) is 0 Å². The minimum absolute atomic E-state index is 0.572. The lowest BCUT2D eigenvalue weighted by Crippen LogP contribution is -2.22.